The third-order valence-electron chi connectivity index (χ3n) is 14.1. The summed E-state index contributed by atoms with van der Waals surface area (Å²) in [5, 5.41) is 38.8. The number of nitrogens with one attached hydrogen (secondary N) is 6. The first-order valence-electron chi connectivity index (χ1n) is 32.4. The minimum atomic E-state index is -3.83. The highest BCUT2D eigenvalue weighted by atomic mass is 32.5. The second-order valence-electron chi connectivity index (χ2n) is 21.9. The molecule has 0 atom stereocenters. The van der Waals surface area contributed by atoms with Crippen LogP contribution in [0.5, 0.6) is 51.7 Å². The maximum atomic E-state index is 6.60. The second kappa shape index (κ2) is 39.9. The van der Waals surface area contributed by atoms with E-state index in [9.17, 15) is 0 Å². The third kappa shape index (κ3) is 25.1. The molecule has 0 saturated heterocycles. The predicted molar refractivity (Wildman–Crippen MR) is 447 cm³/mol. The molecule has 0 aliphatic carbocycles. The summed E-state index contributed by atoms with van der Waals surface area (Å²) in [6.07, 6.45) is 15.0. The van der Waals surface area contributed by atoms with Crippen molar-refractivity contribution in [3.05, 3.63) is 268 Å². The van der Waals surface area contributed by atoms with Crippen LogP contribution in [0.4, 0.5) is 0 Å². The molecule has 9 aromatic carbocycles. The Labute approximate surface area is 642 Å². The average molecular weight is 1590 g/mol. The zero-order valence-electron chi connectivity index (χ0n) is 59.4. The van der Waals surface area contributed by atoms with Crippen LogP contribution in [0, 0.1) is 0 Å². The number of hydrazone groups is 9. The quantitative estimate of drug-likeness (QED) is 0.0119. The molecule has 554 valence electrons. The summed E-state index contributed by atoms with van der Waals surface area (Å²) in [5.74, 6) is 3.79. The molecule has 35 heteroatoms. The molecular formula is C72H78N18O9P4S4. The van der Waals surface area contributed by atoms with E-state index in [0.717, 1.165) is 33.4 Å². The molecule has 27 nitrogen and oxygen atoms in total. The van der Waals surface area contributed by atoms with Crippen molar-refractivity contribution >= 4 is 130 Å². The lowest BCUT2D eigenvalue weighted by Crippen LogP contribution is -2.17. The Morgan fingerprint density at radius 2 is 0.355 bits per heavy atom. The summed E-state index contributed by atoms with van der Waals surface area (Å²) < 4.78 is 63.2. The van der Waals surface area contributed by atoms with Crippen LogP contribution in [-0.2, 0) is 47.2 Å². The van der Waals surface area contributed by atoms with Gasteiger partial charge in [-0.05, 0) is 268 Å². The van der Waals surface area contributed by atoms with Gasteiger partial charge in [-0.25, -0.2) is 14.3 Å². The molecule has 0 aromatic heterocycles. The van der Waals surface area contributed by atoms with Crippen LogP contribution in [0.15, 0.2) is 264 Å². The summed E-state index contributed by atoms with van der Waals surface area (Å²) in [6, 6.07) is 64.8. The number of nitrogens with zero attached hydrogens (tertiary/aromatic N) is 12. The Morgan fingerprint density at radius 3 is 0.495 bits per heavy atom. The highest BCUT2D eigenvalue weighted by Crippen LogP contribution is 2.55. The lowest BCUT2D eigenvalue weighted by Gasteiger charge is -2.29. The van der Waals surface area contributed by atoms with Crippen LogP contribution in [0.25, 0.3) is 0 Å². The zero-order chi connectivity index (χ0) is 75.9. The van der Waals surface area contributed by atoms with Crippen LogP contribution in [0.2, 0.25) is 0 Å². The smallest absolute Gasteiger partial charge is 0.420 e. The lowest BCUT2D eigenvalue weighted by atomic mass is 10.2. The molecule has 0 saturated carbocycles. The summed E-state index contributed by atoms with van der Waals surface area (Å²) in [6.45, 7) is -14.1. The van der Waals surface area contributed by atoms with Gasteiger partial charge >= 0.3 is 26.6 Å². The molecular weight excluding hydrogens is 1510 g/mol. The number of rotatable bonds is 39. The molecule has 0 amide bonds. The van der Waals surface area contributed by atoms with Crippen LogP contribution < -0.4 is 73.3 Å². The van der Waals surface area contributed by atoms with Gasteiger partial charge in [0.05, 0.1) is 55.9 Å². The van der Waals surface area contributed by atoms with Crippen molar-refractivity contribution in [3.8, 4) is 51.7 Å². The van der Waals surface area contributed by atoms with Gasteiger partial charge in [-0.1, -0.05) is 0 Å². The Kier molecular flexibility index (Phi) is 29.9. The molecule has 0 unspecified atom stereocenters. The largest absolute Gasteiger partial charge is 0.490 e. The first-order chi connectivity index (χ1) is 51.8. The molecule has 9 rings (SSSR count). The molecule has 6 N–H and O–H groups in total. The van der Waals surface area contributed by atoms with Gasteiger partial charge in [0.15, 0.2) is 0 Å². The van der Waals surface area contributed by atoms with Gasteiger partial charge in [0, 0.05) is 111 Å². The van der Waals surface area contributed by atoms with E-state index in [0.29, 0.717) is 68.4 Å². The molecule has 107 heavy (non-hydrogen) atoms. The van der Waals surface area contributed by atoms with Crippen molar-refractivity contribution in [2.24, 2.45) is 45.9 Å². The van der Waals surface area contributed by atoms with Gasteiger partial charge < -0.3 is 73.3 Å². The van der Waals surface area contributed by atoms with Crippen molar-refractivity contribution in [2.75, 3.05) is 63.4 Å². The third-order valence-corrected chi connectivity index (χ3v) is 24.7. The fourth-order valence-corrected chi connectivity index (χ4v) is 16.3. The number of hydrogen-bond acceptors (Lipinski definition) is 28. The highest BCUT2D eigenvalue weighted by Gasteiger charge is 2.33. The van der Waals surface area contributed by atoms with Gasteiger partial charge in [0.2, 0.25) is 0 Å². The molecule has 0 aliphatic heterocycles. The van der Waals surface area contributed by atoms with E-state index in [2.05, 4.69) is 63.2 Å². The Morgan fingerprint density at radius 1 is 0.224 bits per heavy atom. The van der Waals surface area contributed by atoms with Crippen LogP contribution in [-0.4, -0.2) is 134 Å². The zero-order valence-corrected chi connectivity index (χ0v) is 66.3. The van der Waals surface area contributed by atoms with Crippen LogP contribution >= 0.6 is 26.6 Å². The topological polar surface area (TPSA) is 276 Å². The number of hydrogen-bond donors (Lipinski definition) is 6. The van der Waals surface area contributed by atoms with E-state index in [1.165, 1.54) is 14.3 Å². The first kappa shape index (κ1) is 80.1. The van der Waals surface area contributed by atoms with Crippen molar-refractivity contribution in [2.45, 2.75) is 0 Å². The lowest BCUT2D eigenvalue weighted by molar-refractivity contribution is 0.383. The van der Waals surface area contributed by atoms with E-state index < -0.39 is 26.6 Å². The van der Waals surface area contributed by atoms with E-state index in [-0.39, 0.29) is 0 Å². The average Bonchev–Trinajstić information content (AvgIpc) is 0.833. The summed E-state index contributed by atoms with van der Waals surface area (Å²) in [5.41, 5.74) is 23.6. The second-order valence-corrected chi connectivity index (χ2v) is 34.5. The fourth-order valence-electron chi connectivity index (χ4n) is 8.66. The SMILES string of the molecule is CN/N=C/c1ccc(OP(=S)(Oc2ccc(/C=N/NC)cc2)N(C)/N=C/c2ccc(OP(=S)(Oc3ccc(/C=N/N(C)P(=S)(Oc4ccc(/C=N/NC)cc4)Oc4ccc(/C=N/NC)cc4)cc3)Oc3ccc(/C=N/N(C)P(=S)(Oc4ccc(/C=N/NC)cc4)Oc4ccc(/C=N/NC)cc4)cc3)cc2)cc1. The molecule has 9 aromatic rings. The molecule has 0 fully saturated rings. The van der Waals surface area contributed by atoms with Crippen molar-refractivity contribution in [1.82, 2.24) is 46.9 Å². The molecule has 0 aliphatic rings. The van der Waals surface area contributed by atoms with Crippen LogP contribution in [0.1, 0.15) is 50.1 Å². The predicted octanol–water partition coefficient (Wildman–Crippen LogP) is 13.7. The standard InChI is InChI=1S/C72H78N18O9P4S4/c1-73-79-46-55-10-28-64(29-11-55)91-100(104,92-65-30-12-56(13-31-65)47-80-74-2)88(7)85-52-61-22-40-70(41-23-61)97-103(107,98-71-42-24-62(25-43-71)53-86-89(8)101(105,93-66-32-14-57(15-33-66)48-81-75-3)94-67-34-16-58(17-35-67)49-82-76-4)99-72-44-26-63(27-45-72)54-87-90(9)102(106,95-68-36-18-59(19-37-68)50-83-77-5)96-69-38-20-60(21-39-69)51-84-78-6/h10-54,73-78H,1-9H3/b79-46+,80-47+,81-48+,82-49+,83-50+,84-51+,85-52+,86-53+,87-54+. The normalized spacial score (nSPS) is 12.2. The minimum absolute atomic E-state index is 0.329. The summed E-state index contributed by atoms with van der Waals surface area (Å²) in [7, 11) is 15.4. The summed E-state index contributed by atoms with van der Waals surface area (Å²) >= 11 is 24.9. The maximum absolute atomic E-state index is 6.60. The van der Waals surface area contributed by atoms with E-state index in [1.807, 2.05) is 72.8 Å². The maximum Gasteiger partial charge on any atom is 0.490 e. The molecule has 0 spiro atoms. The monoisotopic (exact) mass is 1590 g/mol. The Bertz CT molecular complexity index is 4150. The van der Waals surface area contributed by atoms with Crippen molar-refractivity contribution in [3.63, 3.8) is 0 Å². The van der Waals surface area contributed by atoms with Gasteiger partial charge in [-0.15, -0.1) is 0 Å². The van der Waals surface area contributed by atoms with Crippen LogP contribution in [0.3, 0.4) is 0 Å². The Balaban J connectivity index is 0.968. The van der Waals surface area contributed by atoms with Gasteiger partial charge in [-0.3, -0.25) is 0 Å². The van der Waals surface area contributed by atoms with Crippen molar-refractivity contribution < 1.29 is 40.7 Å². The van der Waals surface area contributed by atoms with Gasteiger partial charge in [0.1, 0.15) is 51.7 Å². The fraction of sp³-hybridized carbons (Fsp3) is 0.125. The first-order valence-corrected chi connectivity index (χ1v) is 42.7. The molecule has 0 heterocycles. The van der Waals surface area contributed by atoms with Gasteiger partial charge in [-0.2, -0.15) is 45.9 Å². The van der Waals surface area contributed by atoms with E-state index in [4.69, 9.17) is 103 Å². The van der Waals surface area contributed by atoms with Gasteiger partial charge in [0.25, 0.3) is 0 Å². The summed E-state index contributed by atoms with van der Waals surface area (Å²) in [4.78, 5) is 0. The highest BCUT2D eigenvalue weighted by molar-refractivity contribution is 8.10. The number of benzene rings is 9. The van der Waals surface area contributed by atoms with Crippen molar-refractivity contribution in [1.29, 1.82) is 0 Å². The van der Waals surface area contributed by atoms with E-state index >= 15 is 0 Å². The molecule has 0 bridgehead atoms. The minimum Gasteiger partial charge on any atom is -0.420 e. The molecule has 0 radical (unpaired) electrons. The van der Waals surface area contributed by atoms with E-state index in [1.54, 1.807) is 265 Å². The Hall–Kier alpha value is -11.0.